The van der Waals surface area contributed by atoms with Crippen LogP contribution in [0.15, 0.2) is 60.5 Å². The Morgan fingerprint density at radius 1 is 1.25 bits per heavy atom. The van der Waals surface area contributed by atoms with Gasteiger partial charge in [-0.2, -0.15) is 0 Å². The molecule has 2 nitrogen and oxygen atoms in total. The molecule has 0 spiro atoms. The molecule has 2 atom stereocenters. The van der Waals surface area contributed by atoms with E-state index in [0.717, 1.165) is 0 Å². The van der Waals surface area contributed by atoms with E-state index in [1.165, 1.54) is 0 Å². The summed E-state index contributed by atoms with van der Waals surface area (Å²) >= 11 is 0. The second kappa shape index (κ2) is 3.59. The van der Waals surface area contributed by atoms with E-state index in [1.54, 1.807) is 42.5 Å². The van der Waals surface area contributed by atoms with Crippen molar-refractivity contribution in [2.24, 2.45) is 5.92 Å². The van der Waals surface area contributed by atoms with Gasteiger partial charge in [-0.3, -0.25) is 0 Å². The normalized spacial score (nSPS) is 28.4. The van der Waals surface area contributed by atoms with Gasteiger partial charge in [0.05, 0.1) is 4.90 Å². The van der Waals surface area contributed by atoms with E-state index in [9.17, 15) is 8.42 Å². The third-order valence-corrected chi connectivity index (χ3v) is 5.72. The molecule has 16 heavy (non-hydrogen) atoms. The van der Waals surface area contributed by atoms with E-state index in [4.69, 9.17) is 0 Å². The van der Waals surface area contributed by atoms with Crippen LogP contribution in [-0.4, -0.2) is 13.2 Å². The van der Waals surface area contributed by atoms with Crippen molar-refractivity contribution in [3.8, 4) is 0 Å². The van der Waals surface area contributed by atoms with Crippen molar-refractivity contribution >= 4 is 9.84 Å². The molecule has 0 amide bonds. The number of hydrogen-bond acceptors (Lipinski definition) is 2. The standard InChI is InChI=1S/C13H14O2S/c1-3-11-10-13(11,4-2)16(14,15)12-8-6-5-7-9-12/h3-9,11H,1-2,10H2/t11-,13-/m1/s1. The van der Waals surface area contributed by atoms with Crippen molar-refractivity contribution in [1.29, 1.82) is 0 Å². The molecule has 0 radical (unpaired) electrons. The second-order valence-corrected chi connectivity index (χ2v) is 6.26. The lowest BCUT2D eigenvalue weighted by Crippen LogP contribution is -2.22. The van der Waals surface area contributed by atoms with Gasteiger partial charge in [0.1, 0.15) is 4.75 Å². The Bertz CT molecular complexity index is 516. The summed E-state index contributed by atoms with van der Waals surface area (Å²) in [6.07, 6.45) is 3.83. The summed E-state index contributed by atoms with van der Waals surface area (Å²) in [6, 6.07) is 8.51. The highest BCUT2D eigenvalue weighted by molar-refractivity contribution is 7.93. The first-order chi connectivity index (χ1) is 7.58. The van der Waals surface area contributed by atoms with Crippen molar-refractivity contribution in [3.63, 3.8) is 0 Å². The smallest absolute Gasteiger partial charge is 0.188 e. The molecule has 1 aliphatic carbocycles. The van der Waals surface area contributed by atoms with Crippen LogP contribution in [0.1, 0.15) is 6.42 Å². The highest BCUT2D eigenvalue weighted by Crippen LogP contribution is 2.53. The molecule has 1 aromatic rings. The summed E-state index contributed by atoms with van der Waals surface area (Å²) in [7, 11) is -3.33. The molecule has 1 aromatic carbocycles. The summed E-state index contributed by atoms with van der Waals surface area (Å²) < 4.78 is 24.0. The van der Waals surface area contributed by atoms with Crippen LogP contribution in [0.2, 0.25) is 0 Å². The van der Waals surface area contributed by atoms with Crippen molar-refractivity contribution < 1.29 is 8.42 Å². The lowest BCUT2D eigenvalue weighted by molar-refractivity contribution is 0.585. The van der Waals surface area contributed by atoms with Gasteiger partial charge >= 0.3 is 0 Å². The molecule has 1 saturated carbocycles. The largest absolute Gasteiger partial charge is 0.223 e. The molecule has 2 rings (SSSR count). The van der Waals surface area contributed by atoms with Gasteiger partial charge in [0, 0.05) is 5.92 Å². The molecule has 84 valence electrons. The van der Waals surface area contributed by atoms with Crippen LogP contribution in [0.25, 0.3) is 0 Å². The molecule has 0 aliphatic heterocycles. The fraction of sp³-hybridized carbons (Fsp3) is 0.231. The van der Waals surface area contributed by atoms with Crippen LogP contribution in [0.4, 0.5) is 0 Å². The van der Waals surface area contributed by atoms with Gasteiger partial charge < -0.3 is 0 Å². The number of rotatable bonds is 4. The lowest BCUT2D eigenvalue weighted by Gasteiger charge is -2.12. The highest BCUT2D eigenvalue weighted by atomic mass is 32.2. The molecule has 1 fully saturated rings. The van der Waals surface area contributed by atoms with E-state index in [0.29, 0.717) is 11.3 Å². The van der Waals surface area contributed by atoms with Crippen molar-refractivity contribution in [1.82, 2.24) is 0 Å². The van der Waals surface area contributed by atoms with E-state index in [1.807, 2.05) is 0 Å². The Hall–Kier alpha value is -1.35. The minimum Gasteiger partial charge on any atom is -0.223 e. The zero-order valence-electron chi connectivity index (χ0n) is 8.96. The summed E-state index contributed by atoms with van der Waals surface area (Å²) in [5.74, 6) is -0.00444. The average molecular weight is 234 g/mol. The maximum Gasteiger partial charge on any atom is 0.188 e. The Kier molecular flexibility index (Phi) is 2.50. The summed E-state index contributed by atoms with van der Waals surface area (Å²) in [5, 5.41) is 0. The van der Waals surface area contributed by atoms with Crippen LogP contribution in [0.3, 0.4) is 0 Å². The zero-order valence-corrected chi connectivity index (χ0v) is 9.78. The van der Waals surface area contributed by atoms with Gasteiger partial charge in [-0.15, -0.1) is 13.2 Å². The second-order valence-electron chi connectivity index (χ2n) is 4.02. The highest BCUT2D eigenvalue weighted by Gasteiger charge is 2.60. The molecule has 0 saturated heterocycles. The molecule has 1 aliphatic rings. The number of benzene rings is 1. The fourth-order valence-corrected chi connectivity index (χ4v) is 4.11. The minimum absolute atomic E-state index is 0.00444. The maximum atomic E-state index is 12.4. The van der Waals surface area contributed by atoms with E-state index < -0.39 is 14.6 Å². The van der Waals surface area contributed by atoms with Crippen molar-refractivity contribution in [2.45, 2.75) is 16.1 Å². The molecule has 0 heterocycles. The van der Waals surface area contributed by atoms with Crippen LogP contribution in [-0.2, 0) is 9.84 Å². The summed E-state index contributed by atoms with van der Waals surface area (Å²) in [4.78, 5) is 0.360. The van der Waals surface area contributed by atoms with Crippen LogP contribution >= 0.6 is 0 Å². The quantitative estimate of drug-likeness (QED) is 0.750. The van der Waals surface area contributed by atoms with Crippen molar-refractivity contribution in [3.05, 3.63) is 55.6 Å². The number of hydrogen-bond donors (Lipinski definition) is 0. The van der Waals surface area contributed by atoms with E-state index in [-0.39, 0.29) is 5.92 Å². The van der Waals surface area contributed by atoms with Gasteiger partial charge in [0.2, 0.25) is 0 Å². The molecule has 0 bridgehead atoms. The summed E-state index contributed by atoms with van der Waals surface area (Å²) in [5.41, 5.74) is 0. The first-order valence-electron chi connectivity index (χ1n) is 5.14. The third kappa shape index (κ3) is 1.35. The average Bonchev–Trinajstić information content (AvgIpc) is 3.05. The van der Waals surface area contributed by atoms with Crippen LogP contribution in [0.5, 0.6) is 0 Å². The minimum atomic E-state index is -3.33. The Labute approximate surface area is 96.2 Å². The number of sulfone groups is 1. The van der Waals surface area contributed by atoms with Gasteiger partial charge in [-0.1, -0.05) is 30.4 Å². The predicted molar refractivity (Wildman–Crippen MR) is 64.9 cm³/mol. The van der Waals surface area contributed by atoms with Gasteiger partial charge in [0.25, 0.3) is 0 Å². The molecule has 0 aromatic heterocycles. The van der Waals surface area contributed by atoms with Crippen molar-refractivity contribution in [2.75, 3.05) is 0 Å². The maximum absolute atomic E-state index is 12.4. The van der Waals surface area contributed by atoms with E-state index >= 15 is 0 Å². The van der Waals surface area contributed by atoms with Crippen LogP contribution in [0, 0.1) is 5.92 Å². The zero-order chi connectivity index (χ0) is 11.8. The molecular formula is C13H14O2S. The molecular weight excluding hydrogens is 220 g/mol. The Morgan fingerprint density at radius 2 is 1.88 bits per heavy atom. The number of allylic oxidation sites excluding steroid dienone is 1. The van der Waals surface area contributed by atoms with Gasteiger partial charge in [-0.25, -0.2) is 8.42 Å². The van der Waals surface area contributed by atoms with Gasteiger partial charge in [0.15, 0.2) is 9.84 Å². The Balaban J connectivity index is 2.49. The summed E-state index contributed by atoms with van der Waals surface area (Å²) in [6.45, 7) is 7.32. The first kappa shape index (κ1) is 11.1. The molecule has 0 N–H and O–H groups in total. The van der Waals surface area contributed by atoms with E-state index in [2.05, 4.69) is 13.2 Å². The topological polar surface area (TPSA) is 34.1 Å². The fourth-order valence-electron chi connectivity index (χ4n) is 2.04. The first-order valence-corrected chi connectivity index (χ1v) is 6.62. The molecule has 0 unspecified atom stereocenters. The van der Waals surface area contributed by atoms with Gasteiger partial charge in [-0.05, 0) is 18.6 Å². The predicted octanol–water partition coefficient (Wildman–Crippen LogP) is 2.59. The third-order valence-electron chi connectivity index (χ3n) is 3.19. The molecule has 3 heteroatoms. The lowest BCUT2D eigenvalue weighted by atomic mass is 10.3. The Morgan fingerprint density at radius 3 is 2.31 bits per heavy atom. The SMILES string of the molecule is C=C[C@@H]1C[C@@]1(C=C)S(=O)(=O)c1ccccc1. The van der Waals surface area contributed by atoms with Crippen LogP contribution < -0.4 is 0 Å². The monoisotopic (exact) mass is 234 g/mol.